The maximum atomic E-state index is 13.3. The molecule has 0 N–H and O–H groups in total. The Balaban J connectivity index is 3.01. The molecule has 0 aliphatic heterocycles. The predicted molar refractivity (Wildman–Crippen MR) is 86.0 cm³/mol. The Labute approximate surface area is 132 Å². The minimum Gasteiger partial charge on any atom is -0.336 e. The molecular weight excluding hydrogens is 305 g/mol. The zero-order chi connectivity index (χ0) is 17.1. The zero-order valence-corrected chi connectivity index (χ0v) is 14.6. The van der Waals surface area contributed by atoms with Crippen LogP contribution in [0, 0.1) is 5.82 Å². The fourth-order valence-electron chi connectivity index (χ4n) is 2.19. The van der Waals surface area contributed by atoms with Gasteiger partial charge in [-0.05, 0) is 45.4 Å². The van der Waals surface area contributed by atoms with Crippen LogP contribution in [0.5, 0.6) is 0 Å². The molecule has 4 nitrogen and oxygen atoms in total. The molecule has 0 heterocycles. The first-order chi connectivity index (χ1) is 9.92. The van der Waals surface area contributed by atoms with Gasteiger partial charge in [0, 0.05) is 18.3 Å². The van der Waals surface area contributed by atoms with Crippen molar-refractivity contribution >= 4 is 15.7 Å². The molecule has 0 saturated heterocycles. The molecule has 1 rings (SSSR count). The van der Waals surface area contributed by atoms with Crippen molar-refractivity contribution in [3.63, 3.8) is 0 Å². The number of sulfone groups is 1. The van der Waals surface area contributed by atoms with E-state index in [2.05, 4.69) is 0 Å². The van der Waals surface area contributed by atoms with Gasteiger partial charge in [0.25, 0.3) is 0 Å². The van der Waals surface area contributed by atoms with Crippen LogP contribution in [0.4, 0.5) is 4.39 Å². The van der Waals surface area contributed by atoms with Crippen LogP contribution in [0.15, 0.2) is 24.3 Å². The second-order valence-corrected chi connectivity index (χ2v) is 8.83. The van der Waals surface area contributed by atoms with Gasteiger partial charge in [-0.3, -0.25) is 4.79 Å². The largest absolute Gasteiger partial charge is 0.336 e. The Kier molecular flexibility index (Phi) is 5.73. The number of hydrogen-bond donors (Lipinski definition) is 0. The highest BCUT2D eigenvalue weighted by molar-refractivity contribution is 7.90. The smallest absolute Gasteiger partial charge is 0.230 e. The number of carbonyl (C=O) groups is 1. The molecule has 0 radical (unpaired) electrons. The fourth-order valence-corrected chi connectivity index (χ4v) is 2.70. The van der Waals surface area contributed by atoms with Gasteiger partial charge in [-0.15, -0.1) is 0 Å². The van der Waals surface area contributed by atoms with Crippen LogP contribution in [0.3, 0.4) is 0 Å². The minimum absolute atomic E-state index is 0.0914. The second-order valence-electron chi connectivity index (χ2n) is 6.57. The summed E-state index contributed by atoms with van der Waals surface area (Å²) in [4.78, 5) is 14.3. The highest BCUT2D eigenvalue weighted by Crippen LogP contribution is 2.23. The van der Waals surface area contributed by atoms with Crippen molar-refractivity contribution in [1.29, 1.82) is 0 Å². The maximum absolute atomic E-state index is 13.3. The van der Waals surface area contributed by atoms with Crippen molar-refractivity contribution in [3.8, 4) is 0 Å². The summed E-state index contributed by atoms with van der Waals surface area (Å²) in [5.41, 5.74) is 0.0715. The quantitative estimate of drug-likeness (QED) is 0.834. The first kappa shape index (κ1) is 18.6. The number of benzene rings is 1. The molecule has 0 fully saturated rings. The summed E-state index contributed by atoms with van der Waals surface area (Å²) in [6, 6.07) is 5.92. The summed E-state index contributed by atoms with van der Waals surface area (Å²) < 4.78 is 36.1. The van der Waals surface area contributed by atoms with Gasteiger partial charge in [0.15, 0.2) is 0 Å². The Morgan fingerprint density at radius 2 is 1.91 bits per heavy atom. The standard InChI is InChI=1S/C16H24FNO3S/c1-12(13-7-6-8-14(17)11-13)15(19)18(16(2,3)4)9-10-22(5,20)21/h6-8,11-12H,9-10H2,1-5H3/t12-/m0/s1. The van der Waals surface area contributed by atoms with Crippen LogP contribution in [-0.2, 0) is 14.6 Å². The van der Waals surface area contributed by atoms with Gasteiger partial charge in [0.1, 0.15) is 15.7 Å². The topological polar surface area (TPSA) is 54.5 Å². The van der Waals surface area contributed by atoms with E-state index in [1.807, 2.05) is 20.8 Å². The molecule has 1 amide bonds. The molecule has 124 valence electrons. The predicted octanol–water partition coefficient (Wildman–Crippen LogP) is 2.60. The third kappa shape index (κ3) is 5.40. The van der Waals surface area contributed by atoms with Crippen molar-refractivity contribution in [2.75, 3.05) is 18.6 Å². The van der Waals surface area contributed by atoms with Gasteiger partial charge < -0.3 is 4.90 Å². The molecule has 1 aromatic carbocycles. The molecule has 0 spiro atoms. The fraction of sp³-hybridized carbons (Fsp3) is 0.562. The molecular formula is C16H24FNO3S. The van der Waals surface area contributed by atoms with Gasteiger partial charge in [0.2, 0.25) is 5.91 Å². The van der Waals surface area contributed by atoms with E-state index in [9.17, 15) is 17.6 Å². The Hall–Kier alpha value is -1.43. The normalized spacial score (nSPS) is 13.7. The van der Waals surface area contributed by atoms with Gasteiger partial charge >= 0.3 is 0 Å². The monoisotopic (exact) mass is 329 g/mol. The Morgan fingerprint density at radius 1 is 1.32 bits per heavy atom. The molecule has 0 aliphatic rings. The van der Waals surface area contributed by atoms with Crippen LogP contribution >= 0.6 is 0 Å². The zero-order valence-electron chi connectivity index (χ0n) is 13.8. The molecule has 0 aromatic heterocycles. The molecule has 22 heavy (non-hydrogen) atoms. The first-order valence-corrected chi connectivity index (χ1v) is 9.22. The van der Waals surface area contributed by atoms with Crippen LogP contribution in [0.1, 0.15) is 39.2 Å². The van der Waals surface area contributed by atoms with Gasteiger partial charge in [0.05, 0.1) is 11.7 Å². The van der Waals surface area contributed by atoms with E-state index >= 15 is 0 Å². The van der Waals surface area contributed by atoms with E-state index in [4.69, 9.17) is 0 Å². The lowest BCUT2D eigenvalue weighted by atomic mass is 9.96. The molecule has 0 aliphatic carbocycles. The summed E-state index contributed by atoms with van der Waals surface area (Å²) in [6.45, 7) is 7.39. The van der Waals surface area contributed by atoms with E-state index in [1.54, 1.807) is 24.0 Å². The lowest BCUT2D eigenvalue weighted by Crippen LogP contribution is -2.49. The summed E-state index contributed by atoms with van der Waals surface area (Å²) in [7, 11) is -3.16. The maximum Gasteiger partial charge on any atom is 0.230 e. The number of halogens is 1. The lowest BCUT2D eigenvalue weighted by Gasteiger charge is -2.37. The average Bonchev–Trinajstić information content (AvgIpc) is 2.34. The van der Waals surface area contributed by atoms with E-state index < -0.39 is 27.1 Å². The lowest BCUT2D eigenvalue weighted by molar-refractivity contribution is -0.136. The number of amides is 1. The third-order valence-electron chi connectivity index (χ3n) is 3.48. The molecule has 0 unspecified atom stereocenters. The summed E-state index contributed by atoms with van der Waals surface area (Å²) >= 11 is 0. The summed E-state index contributed by atoms with van der Waals surface area (Å²) in [5, 5.41) is 0. The number of hydrogen-bond acceptors (Lipinski definition) is 3. The van der Waals surface area contributed by atoms with Crippen LogP contribution in [0.25, 0.3) is 0 Å². The highest BCUT2D eigenvalue weighted by Gasteiger charge is 2.31. The van der Waals surface area contributed by atoms with E-state index in [0.29, 0.717) is 5.56 Å². The van der Waals surface area contributed by atoms with Gasteiger partial charge in [-0.1, -0.05) is 12.1 Å². The van der Waals surface area contributed by atoms with E-state index in [0.717, 1.165) is 6.26 Å². The highest BCUT2D eigenvalue weighted by atomic mass is 32.2. The number of carbonyl (C=O) groups excluding carboxylic acids is 1. The van der Waals surface area contributed by atoms with E-state index in [1.165, 1.54) is 12.1 Å². The number of rotatable bonds is 5. The Morgan fingerprint density at radius 3 is 2.36 bits per heavy atom. The van der Waals surface area contributed by atoms with E-state index in [-0.39, 0.29) is 18.2 Å². The van der Waals surface area contributed by atoms with Crippen molar-refractivity contribution in [3.05, 3.63) is 35.6 Å². The second kappa shape index (κ2) is 6.77. The molecule has 0 saturated carbocycles. The van der Waals surface area contributed by atoms with Gasteiger partial charge in [-0.2, -0.15) is 0 Å². The summed E-state index contributed by atoms with van der Waals surface area (Å²) in [5.74, 6) is -1.22. The molecule has 1 atom stereocenters. The van der Waals surface area contributed by atoms with Crippen molar-refractivity contribution in [1.82, 2.24) is 4.90 Å². The van der Waals surface area contributed by atoms with Crippen LogP contribution in [-0.4, -0.2) is 43.3 Å². The molecule has 1 aromatic rings. The van der Waals surface area contributed by atoms with Gasteiger partial charge in [-0.25, -0.2) is 12.8 Å². The number of nitrogens with zero attached hydrogens (tertiary/aromatic N) is 1. The van der Waals surface area contributed by atoms with Crippen molar-refractivity contribution < 1.29 is 17.6 Å². The first-order valence-electron chi connectivity index (χ1n) is 7.16. The molecule has 0 bridgehead atoms. The Bertz CT molecular complexity index is 635. The SMILES string of the molecule is C[C@H](C(=O)N(CCS(C)(=O)=O)C(C)(C)C)c1cccc(F)c1. The van der Waals surface area contributed by atoms with Crippen LogP contribution < -0.4 is 0 Å². The van der Waals surface area contributed by atoms with Crippen molar-refractivity contribution in [2.45, 2.75) is 39.2 Å². The van der Waals surface area contributed by atoms with Crippen LogP contribution in [0.2, 0.25) is 0 Å². The van der Waals surface area contributed by atoms with Crippen molar-refractivity contribution in [2.24, 2.45) is 0 Å². The minimum atomic E-state index is -3.16. The molecule has 6 heteroatoms. The summed E-state index contributed by atoms with van der Waals surface area (Å²) in [6.07, 6.45) is 1.15. The third-order valence-corrected chi connectivity index (χ3v) is 4.40. The average molecular weight is 329 g/mol.